The third kappa shape index (κ3) is 2.51. The van der Waals surface area contributed by atoms with Crippen molar-refractivity contribution in [3.63, 3.8) is 0 Å². The van der Waals surface area contributed by atoms with Crippen LogP contribution >= 0.6 is 0 Å². The molecule has 2 nitrogen and oxygen atoms in total. The molecule has 1 aromatic carbocycles. The van der Waals surface area contributed by atoms with E-state index in [1.165, 1.54) is 50.6 Å². The molecule has 0 bridgehead atoms. The lowest BCUT2D eigenvalue weighted by atomic mass is 9.68. The standard InChI is InChI=1S/C17H26N2/c1-19(13-17(12-18)9-4-10-17)16-8-7-14-5-2-3-6-15(14)11-16/h7-8,11H,2-6,9-10,12-13,18H2,1H3. The Morgan fingerprint density at radius 2 is 1.84 bits per heavy atom. The second kappa shape index (κ2) is 5.16. The predicted octanol–water partition coefficient (Wildman–Crippen LogP) is 3.13. The summed E-state index contributed by atoms with van der Waals surface area (Å²) >= 11 is 0. The quantitative estimate of drug-likeness (QED) is 0.899. The van der Waals surface area contributed by atoms with Gasteiger partial charge < -0.3 is 10.6 Å². The molecule has 1 fully saturated rings. The van der Waals surface area contributed by atoms with Gasteiger partial charge in [0.15, 0.2) is 0 Å². The lowest BCUT2D eigenvalue weighted by molar-refractivity contribution is 0.154. The van der Waals surface area contributed by atoms with Crippen molar-refractivity contribution in [2.45, 2.75) is 44.9 Å². The molecule has 0 spiro atoms. The first-order chi connectivity index (χ1) is 9.22. The average Bonchev–Trinajstić information content (AvgIpc) is 2.42. The van der Waals surface area contributed by atoms with Gasteiger partial charge in [0, 0.05) is 24.7 Å². The van der Waals surface area contributed by atoms with Crippen LogP contribution in [0.5, 0.6) is 0 Å². The minimum atomic E-state index is 0.394. The van der Waals surface area contributed by atoms with E-state index in [-0.39, 0.29) is 0 Å². The highest BCUT2D eigenvalue weighted by molar-refractivity contribution is 5.51. The van der Waals surface area contributed by atoms with Gasteiger partial charge in [-0.25, -0.2) is 0 Å². The Balaban J connectivity index is 1.74. The van der Waals surface area contributed by atoms with Crippen molar-refractivity contribution in [3.8, 4) is 0 Å². The Bertz CT molecular complexity index is 443. The van der Waals surface area contributed by atoms with Crippen LogP contribution < -0.4 is 10.6 Å². The first kappa shape index (κ1) is 13.0. The molecular formula is C17H26N2. The number of anilines is 1. The molecule has 1 saturated carbocycles. The molecule has 0 heterocycles. The van der Waals surface area contributed by atoms with Crippen LogP contribution in [-0.4, -0.2) is 20.1 Å². The monoisotopic (exact) mass is 258 g/mol. The van der Waals surface area contributed by atoms with E-state index in [1.807, 2.05) is 0 Å². The Morgan fingerprint density at radius 3 is 2.47 bits per heavy atom. The van der Waals surface area contributed by atoms with Crippen molar-refractivity contribution in [2.24, 2.45) is 11.1 Å². The van der Waals surface area contributed by atoms with Crippen LogP contribution in [0.4, 0.5) is 5.69 Å². The van der Waals surface area contributed by atoms with Crippen LogP contribution in [0.2, 0.25) is 0 Å². The van der Waals surface area contributed by atoms with Crippen molar-refractivity contribution in [2.75, 3.05) is 25.0 Å². The van der Waals surface area contributed by atoms with E-state index in [9.17, 15) is 0 Å². The van der Waals surface area contributed by atoms with Gasteiger partial charge in [-0.05, 0) is 68.3 Å². The summed E-state index contributed by atoms with van der Waals surface area (Å²) in [6, 6.07) is 7.06. The normalized spacial score (nSPS) is 20.5. The van der Waals surface area contributed by atoms with Gasteiger partial charge in [-0.2, -0.15) is 0 Å². The number of fused-ring (bicyclic) bond motifs is 1. The van der Waals surface area contributed by atoms with Crippen LogP contribution in [0.25, 0.3) is 0 Å². The molecule has 0 unspecified atom stereocenters. The van der Waals surface area contributed by atoms with Crippen molar-refractivity contribution in [1.82, 2.24) is 0 Å². The maximum Gasteiger partial charge on any atom is 0.0366 e. The zero-order valence-electron chi connectivity index (χ0n) is 12.1. The van der Waals surface area contributed by atoms with E-state index in [1.54, 1.807) is 11.1 Å². The molecule has 0 amide bonds. The number of aryl methyl sites for hydroxylation is 2. The zero-order valence-corrected chi connectivity index (χ0v) is 12.1. The molecule has 19 heavy (non-hydrogen) atoms. The number of hydrogen-bond acceptors (Lipinski definition) is 2. The summed E-state index contributed by atoms with van der Waals surface area (Å²) in [5.74, 6) is 0. The Kier molecular flexibility index (Phi) is 3.53. The number of nitrogens with two attached hydrogens (primary N) is 1. The molecule has 0 radical (unpaired) electrons. The number of benzene rings is 1. The summed E-state index contributed by atoms with van der Waals surface area (Å²) in [6.45, 7) is 1.95. The topological polar surface area (TPSA) is 29.3 Å². The molecule has 104 valence electrons. The van der Waals surface area contributed by atoms with Gasteiger partial charge in [-0.3, -0.25) is 0 Å². The fraction of sp³-hybridized carbons (Fsp3) is 0.647. The maximum absolute atomic E-state index is 5.98. The molecule has 0 aliphatic heterocycles. The Hall–Kier alpha value is -1.02. The highest BCUT2D eigenvalue weighted by atomic mass is 15.1. The molecular weight excluding hydrogens is 232 g/mol. The van der Waals surface area contributed by atoms with Crippen LogP contribution in [0.1, 0.15) is 43.2 Å². The Labute approximate surface area is 117 Å². The SMILES string of the molecule is CN(CC1(CN)CCC1)c1ccc2c(c1)CCCC2. The molecule has 0 saturated heterocycles. The molecule has 0 aromatic heterocycles. The molecule has 1 aromatic rings. The minimum Gasteiger partial charge on any atom is -0.374 e. The van der Waals surface area contributed by atoms with Gasteiger partial charge in [0.1, 0.15) is 0 Å². The van der Waals surface area contributed by atoms with Gasteiger partial charge >= 0.3 is 0 Å². The molecule has 2 aliphatic carbocycles. The summed E-state index contributed by atoms with van der Waals surface area (Å²) in [4.78, 5) is 2.42. The molecule has 2 N–H and O–H groups in total. The van der Waals surface area contributed by atoms with Crippen LogP contribution in [0, 0.1) is 5.41 Å². The summed E-state index contributed by atoms with van der Waals surface area (Å²) < 4.78 is 0. The van der Waals surface area contributed by atoms with E-state index >= 15 is 0 Å². The fourth-order valence-corrected chi connectivity index (χ4v) is 3.66. The Morgan fingerprint density at radius 1 is 1.11 bits per heavy atom. The van der Waals surface area contributed by atoms with Gasteiger partial charge in [0.05, 0.1) is 0 Å². The van der Waals surface area contributed by atoms with E-state index in [0.717, 1.165) is 13.1 Å². The summed E-state index contributed by atoms with van der Waals surface area (Å²) in [6.07, 6.45) is 9.21. The minimum absolute atomic E-state index is 0.394. The van der Waals surface area contributed by atoms with Crippen LogP contribution in [0.3, 0.4) is 0 Å². The third-order valence-corrected chi connectivity index (χ3v) is 5.19. The van der Waals surface area contributed by atoms with E-state index in [0.29, 0.717) is 5.41 Å². The van der Waals surface area contributed by atoms with Crippen molar-refractivity contribution >= 4 is 5.69 Å². The average molecular weight is 258 g/mol. The lowest BCUT2D eigenvalue weighted by Crippen LogP contribution is -2.46. The van der Waals surface area contributed by atoms with Crippen molar-refractivity contribution in [1.29, 1.82) is 0 Å². The maximum atomic E-state index is 5.98. The van der Waals surface area contributed by atoms with Crippen LogP contribution in [0.15, 0.2) is 18.2 Å². The first-order valence-electron chi connectivity index (χ1n) is 7.75. The van der Waals surface area contributed by atoms with E-state index in [4.69, 9.17) is 5.73 Å². The molecule has 2 heteroatoms. The molecule has 3 rings (SSSR count). The van der Waals surface area contributed by atoms with E-state index < -0.39 is 0 Å². The van der Waals surface area contributed by atoms with Crippen molar-refractivity contribution in [3.05, 3.63) is 29.3 Å². The van der Waals surface area contributed by atoms with Crippen LogP contribution in [-0.2, 0) is 12.8 Å². The second-order valence-electron chi connectivity index (χ2n) is 6.57. The van der Waals surface area contributed by atoms with Gasteiger partial charge in [-0.1, -0.05) is 12.5 Å². The summed E-state index contributed by atoms with van der Waals surface area (Å²) in [5.41, 5.74) is 10.9. The second-order valence-corrected chi connectivity index (χ2v) is 6.57. The number of rotatable bonds is 4. The third-order valence-electron chi connectivity index (χ3n) is 5.19. The molecule has 0 atom stereocenters. The zero-order chi connectivity index (χ0) is 13.3. The summed E-state index contributed by atoms with van der Waals surface area (Å²) in [7, 11) is 2.22. The van der Waals surface area contributed by atoms with Gasteiger partial charge in [0.25, 0.3) is 0 Å². The summed E-state index contributed by atoms with van der Waals surface area (Å²) in [5, 5.41) is 0. The number of nitrogens with zero attached hydrogens (tertiary/aromatic N) is 1. The highest BCUT2D eigenvalue weighted by Crippen LogP contribution is 2.41. The van der Waals surface area contributed by atoms with Crippen molar-refractivity contribution < 1.29 is 0 Å². The van der Waals surface area contributed by atoms with Gasteiger partial charge in [-0.15, -0.1) is 0 Å². The highest BCUT2D eigenvalue weighted by Gasteiger charge is 2.36. The smallest absolute Gasteiger partial charge is 0.0366 e. The predicted molar refractivity (Wildman–Crippen MR) is 81.7 cm³/mol. The first-order valence-corrected chi connectivity index (χ1v) is 7.75. The fourth-order valence-electron chi connectivity index (χ4n) is 3.66. The number of hydrogen-bond donors (Lipinski definition) is 1. The lowest BCUT2D eigenvalue weighted by Gasteiger charge is -2.44. The van der Waals surface area contributed by atoms with Gasteiger partial charge in [0.2, 0.25) is 0 Å². The van der Waals surface area contributed by atoms with E-state index in [2.05, 4.69) is 30.1 Å². The molecule has 2 aliphatic rings. The largest absolute Gasteiger partial charge is 0.374 e.